The van der Waals surface area contributed by atoms with E-state index < -0.39 is 23.4 Å². The van der Waals surface area contributed by atoms with Gasteiger partial charge in [0, 0.05) is 0 Å². The molecule has 2 unspecified atom stereocenters. The second-order valence-electron chi connectivity index (χ2n) is 7.83. The van der Waals surface area contributed by atoms with Crippen LogP contribution in [0, 0.1) is 0 Å². The van der Waals surface area contributed by atoms with Crippen LogP contribution in [-0.4, -0.2) is 72.2 Å². The first-order valence-corrected chi connectivity index (χ1v) is 9.47. The number of hydrogen-bond donors (Lipinski definition) is 1. The molecule has 0 aliphatic carbocycles. The maximum atomic E-state index is 12.0. The average Bonchev–Trinajstić information content (AvgIpc) is 3.29. The van der Waals surface area contributed by atoms with Crippen molar-refractivity contribution in [1.29, 1.82) is 0 Å². The molecule has 1 aromatic carbocycles. The summed E-state index contributed by atoms with van der Waals surface area (Å²) in [5.74, 6) is -2.03. The molecule has 9 nitrogen and oxygen atoms in total. The van der Waals surface area contributed by atoms with E-state index in [0.717, 1.165) is 5.06 Å². The third-order valence-electron chi connectivity index (χ3n) is 4.48. The van der Waals surface area contributed by atoms with Gasteiger partial charge in [0.05, 0.1) is 30.9 Å². The summed E-state index contributed by atoms with van der Waals surface area (Å²) >= 11 is 0. The maximum Gasteiger partial charge on any atom is 0.285 e. The van der Waals surface area contributed by atoms with Crippen LogP contribution in [0.25, 0.3) is 0 Å². The van der Waals surface area contributed by atoms with Gasteiger partial charge in [-0.15, -0.1) is 5.06 Å². The lowest BCUT2D eigenvalue weighted by Gasteiger charge is -2.18. The highest BCUT2D eigenvalue weighted by molar-refractivity contribution is 6.20. The van der Waals surface area contributed by atoms with Crippen molar-refractivity contribution in [1.82, 2.24) is 5.06 Å². The second-order valence-corrected chi connectivity index (χ2v) is 7.83. The fraction of sp³-hybridized carbons (Fsp3) is 0.600. The van der Waals surface area contributed by atoms with Crippen LogP contribution in [0.1, 0.15) is 48.4 Å². The number of rotatable bonds is 4. The Morgan fingerprint density at radius 2 is 1.45 bits per heavy atom. The summed E-state index contributed by atoms with van der Waals surface area (Å²) in [6, 6.07) is 6.64. The van der Waals surface area contributed by atoms with Crippen molar-refractivity contribution in [2.45, 2.75) is 51.5 Å². The monoisotopic (exact) mass is 409 g/mol. The van der Waals surface area contributed by atoms with Gasteiger partial charge in [0.2, 0.25) is 0 Å². The van der Waals surface area contributed by atoms with E-state index in [0.29, 0.717) is 24.3 Å². The van der Waals surface area contributed by atoms with E-state index in [1.807, 2.05) is 13.8 Å². The van der Waals surface area contributed by atoms with Gasteiger partial charge < -0.3 is 24.1 Å². The lowest BCUT2D eigenvalue weighted by Crippen LogP contribution is -2.34. The predicted molar refractivity (Wildman–Crippen MR) is 99.8 cm³/mol. The number of hydrogen-bond acceptors (Lipinski definition) is 8. The lowest BCUT2D eigenvalue weighted by molar-refractivity contribution is -0.163. The van der Waals surface area contributed by atoms with Gasteiger partial charge >= 0.3 is 0 Å². The Balaban J connectivity index is 0.000000224. The molecule has 160 valence electrons. The summed E-state index contributed by atoms with van der Waals surface area (Å²) < 4.78 is 21.3. The molecule has 0 bridgehead atoms. The quantitative estimate of drug-likeness (QED) is 0.746. The first-order chi connectivity index (χ1) is 13.6. The molecule has 3 aliphatic rings. The van der Waals surface area contributed by atoms with Gasteiger partial charge in [-0.05, 0) is 39.8 Å². The molecule has 3 aliphatic heterocycles. The van der Waals surface area contributed by atoms with Crippen LogP contribution in [0.15, 0.2) is 24.3 Å². The molecule has 3 heterocycles. The standard InChI is InChI=1S/C14H15NO5.C6H12O3/c1-14(2)18-7-9(20-14)8-19-15-12(16)10-5-3-4-6-11(10)13(15)17;1-6(2)8-4-5(3-7)9-6/h3-6,9H,7-8H2,1-2H3;5,7H,3-4H2,1-2H3. The van der Waals surface area contributed by atoms with E-state index in [2.05, 4.69) is 0 Å². The summed E-state index contributed by atoms with van der Waals surface area (Å²) in [6.45, 7) is 8.29. The van der Waals surface area contributed by atoms with Gasteiger partial charge in [-0.3, -0.25) is 14.4 Å². The number of nitrogens with zero attached hydrogens (tertiary/aromatic N) is 1. The van der Waals surface area contributed by atoms with Crippen molar-refractivity contribution in [3.63, 3.8) is 0 Å². The molecule has 1 aromatic rings. The third kappa shape index (κ3) is 5.19. The molecule has 9 heteroatoms. The number of carbonyl (C=O) groups is 2. The summed E-state index contributed by atoms with van der Waals surface area (Å²) in [5.41, 5.74) is 0.725. The number of hydroxylamine groups is 2. The zero-order valence-electron chi connectivity index (χ0n) is 17.0. The number of ether oxygens (including phenoxy) is 4. The van der Waals surface area contributed by atoms with Crippen molar-refractivity contribution in [2.75, 3.05) is 26.4 Å². The first-order valence-electron chi connectivity index (χ1n) is 9.47. The first kappa shape index (κ1) is 21.8. The molecule has 0 spiro atoms. The second kappa shape index (κ2) is 8.47. The molecule has 29 heavy (non-hydrogen) atoms. The molecular formula is C20H27NO8. The Hall–Kier alpha value is -1.88. The minimum absolute atomic E-state index is 0.0451. The number of imide groups is 1. The molecule has 0 saturated carbocycles. The Morgan fingerprint density at radius 1 is 0.966 bits per heavy atom. The van der Waals surface area contributed by atoms with Crippen molar-refractivity contribution in [2.24, 2.45) is 0 Å². The molecule has 2 fully saturated rings. The number of fused-ring (bicyclic) bond motifs is 1. The van der Waals surface area contributed by atoms with Gasteiger partial charge in [-0.25, -0.2) is 0 Å². The Labute approximate surface area is 169 Å². The van der Waals surface area contributed by atoms with Crippen molar-refractivity contribution < 1.29 is 38.5 Å². The van der Waals surface area contributed by atoms with E-state index in [9.17, 15) is 9.59 Å². The Morgan fingerprint density at radius 3 is 1.83 bits per heavy atom. The summed E-state index contributed by atoms with van der Waals surface area (Å²) in [6.07, 6.45) is -0.422. The average molecular weight is 409 g/mol. The molecule has 0 aromatic heterocycles. The molecule has 4 rings (SSSR count). The van der Waals surface area contributed by atoms with E-state index in [1.54, 1.807) is 38.1 Å². The van der Waals surface area contributed by atoms with Crippen molar-refractivity contribution in [3.05, 3.63) is 35.4 Å². The largest absolute Gasteiger partial charge is 0.394 e. The molecule has 2 saturated heterocycles. The highest BCUT2D eigenvalue weighted by Gasteiger charge is 2.39. The zero-order chi connectivity index (χ0) is 21.2. The number of benzene rings is 1. The minimum Gasteiger partial charge on any atom is -0.394 e. The van der Waals surface area contributed by atoms with E-state index >= 15 is 0 Å². The fourth-order valence-electron chi connectivity index (χ4n) is 3.14. The number of carbonyl (C=O) groups excluding carboxylic acids is 2. The van der Waals surface area contributed by atoms with Crippen LogP contribution in [0.4, 0.5) is 0 Å². The molecule has 2 atom stereocenters. The van der Waals surface area contributed by atoms with Crippen LogP contribution in [0.3, 0.4) is 0 Å². The topological polar surface area (TPSA) is 104 Å². The predicted octanol–water partition coefficient (Wildman–Crippen LogP) is 1.50. The molecule has 2 amide bonds. The lowest BCUT2D eigenvalue weighted by atomic mass is 10.1. The summed E-state index contributed by atoms with van der Waals surface area (Å²) in [7, 11) is 0. The van der Waals surface area contributed by atoms with Crippen LogP contribution in [0.5, 0.6) is 0 Å². The highest BCUT2D eigenvalue weighted by Crippen LogP contribution is 2.25. The van der Waals surface area contributed by atoms with E-state index in [1.165, 1.54) is 0 Å². The Kier molecular flexibility index (Phi) is 6.37. The van der Waals surface area contributed by atoms with E-state index in [-0.39, 0.29) is 25.4 Å². The van der Waals surface area contributed by atoms with Crippen LogP contribution in [0.2, 0.25) is 0 Å². The molecular weight excluding hydrogens is 382 g/mol. The molecule has 1 N–H and O–H groups in total. The van der Waals surface area contributed by atoms with Crippen LogP contribution in [-0.2, 0) is 23.8 Å². The normalized spacial score (nSPS) is 27.0. The highest BCUT2D eigenvalue weighted by atomic mass is 16.8. The van der Waals surface area contributed by atoms with Gasteiger partial charge in [0.1, 0.15) is 18.8 Å². The SMILES string of the molecule is CC1(C)OCC(CO)O1.CC1(C)OCC(CON2C(=O)c3ccccc3C2=O)O1. The zero-order valence-corrected chi connectivity index (χ0v) is 17.0. The summed E-state index contributed by atoms with van der Waals surface area (Å²) in [4.78, 5) is 29.4. The fourth-order valence-corrected chi connectivity index (χ4v) is 3.14. The van der Waals surface area contributed by atoms with Crippen molar-refractivity contribution >= 4 is 11.8 Å². The number of amides is 2. The van der Waals surface area contributed by atoms with Gasteiger partial charge in [0.15, 0.2) is 11.6 Å². The third-order valence-corrected chi connectivity index (χ3v) is 4.48. The van der Waals surface area contributed by atoms with E-state index in [4.69, 9.17) is 28.9 Å². The smallest absolute Gasteiger partial charge is 0.285 e. The van der Waals surface area contributed by atoms with Crippen LogP contribution < -0.4 is 0 Å². The number of aliphatic hydroxyl groups excluding tert-OH is 1. The number of aliphatic hydroxyl groups is 1. The minimum atomic E-state index is -0.657. The van der Waals surface area contributed by atoms with Crippen LogP contribution >= 0.6 is 0 Å². The Bertz CT molecular complexity index is 728. The van der Waals surface area contributed by atoms with Gasteiger partial charge in [0.25, 0.3) is 11.8 Å². The van der Waals surface area contributed by atoms with Crippen molar-refractivity contribution in [3.8, 4) is 0 Å². The summed E-state index contributed by atoms with van der Waals surface area (Å²) in [5, 5.41) is 9.38. The van der Waals surface area contributed by atoms with Gasteiger partial charge in [-0.2, -0.15) is 0 Å². The maximum absolute atomic E-state index is 12.0. The van der Waals surface area contributed by atoms with Gasteiger partial charge in [-0.1, -0.05) is 12.1 Å². The molecule has 0 radical (unpaired) electrons.